The van der Waals surface area contributed by atoms with Gasteiger partial charge < -0.3 is 10.1 Å². The standard InChI is InChI=1S/C9H17NO/c1-2-8-7-9(11-8)3-5-10-6-4-9/h8,10H,2-7H2,1H3. The number of piperidine rings is 1. The topological polar surface area (TPSA) is 21.3 Å². The molecule has 1 unspecified atom stereocenters. The van der Waals surface area contributed by atoms with Gasteiger partial charge in [0.25, 0.3) is 0 Å². The highest BCUT2D eigenvalue weighted by Crippen LogP contribution is 2.40. The molecular weight excluding hydrogens is 138 g/mol. The lowest BCUT2D eigenvalue weighted by atomic mass is 9.80. The molecule has 0 amide bonds. The van der Waals surface area contributed by atoms with Gasteiger partial charge in [-0.05, 0) is 32.4 Å². The van der Waals surface area contributed by atoms with Gasteiger partial charge in [-0.2, -0.15) is 0 Å². The monoisotopic (exact) mass is 155 g/mol. The second-order valence-electron chi connectivity index (χ2n) is 3.79. The van der Waals surface area contributed by atoms with E-state index in [1.807, 2.05) is 0 Å². The van der Waals surface area contributed by atoms with Crippen LogP contribution in [0.3, 0.4) is 0 Å². The molecule has 64 valence electrons. The third-order valence-electron chi connectivity index (χ3n) is 2.99. The van der Waals surface area contributed by atoms with Crippen LogP contribution < -0.4 is 5.32 Å². The average Bonchev–Trinajstić information content (AvgIpc) is 2.01. The third-order valence-corrected chi connectivity index (χ3v) is 2.99. The van der Waals surface area contributed by atoms with Gasteiger partial charge in [-0.25, -0.2) is 0 Å². The molecule has 0 saturated carbocycles. The average molecular weight is 155 g/mol. The second-order valence-corrected chi connectivity index (χ2v) is 3.79. The first-order chi connectivity index (χ1) is 5.35. The minimum atomic E-state index is 0.311. The zero-order valence-electron chi connectivity index (χ0n) is 7.23. The van der Waals surface area contributed by atoms with Crippen molar-refractivity contribution >= 4 is 0 Å². The molecule has 2 aliphatic rings. The molecule has 0 bridgehead atoms. The molecule has 2 heteroatoms. The van der Waals surface area contributed by atoms with E-state index in [-0.39, 0.29) is 0 Å². The molecule has 2 heterocycles. The van der Waals surface area contributed by atoms with Gasteiger partial charge in [0.15, 0.2) is 0 Å². The first-order valence-electron chi connectivity index (χ1n) is 4.73. The summed E-state index contributed by atoms with van der Waals surface area (Å²) in [5, 5.41) is 3.36. The van der Waals surface area contributed by atoms with Crippen molar-refractivity contribution in [2.75, 3.05) is 13.1 Å². The fourth-order valence-electron chi connectivity index (χ4n) is 2.19. The Balaban J connectivity index is 1.84. The summed E-state index contributed by atoms with van der Waals surface area (Å²) in [4.78, 5) is 0. The molecule has 0 aromatic heterocycles. The van der Waals surface area contributed by atoms with Gasteiger partial charge in [0.1, 0.15) is 0 Å². The van der Waals surface area contributed by atoms with Crippen molar-refractivity contribution in [2.45, 2.75) is 44.3 Å². The van der Waals surface area contributed by atoms with E-state index in [1.165, 1.54) is 25.7 Å². The van der Waals surface area contributed by atoms with E-state index < -0.39 is 0 Å². The molecule has 0 aliphatic carbocycles. The number of hydrogen-bond acceptors (Lipinski definition) is 2. The molecule has 1 spiro atoms. The maximum atomic E-state index is 5.88. The first-order valence-corrected chi connectivity index (χ1v) is 4.73. The Hall–Kier alpha value is -0.0800. The van der Waals surface area contributed by atoms with Crippen LogP contribution in [0.25, 0.3) is 0 Å². The van der Waals surface area contributed by atoms with Gasteiger partial charge in [-0.1, -0.05) is 6.92 Å². The van der Waals surface area contributed by atoms with Gasteiger partial charge >= 0.3 is 0 Å². The SMILES string of the molecule is CCC1CC2(CCNCC2)O1. The van der Waals surface area contributed by atoms with Gasteiger partial charge in [0, 0.05) is 6.42 Å². The lowest BCUT2D eigenvalue weighted by Gasteiger charge is -2.50. The van der Waals surface area contributed by atoms with Crippen LogP contribution in [-0.4, -0.2) is 24.8 Å². The van der Waals surface area contributed by atoms with Crippen LogP contribution in [0.1, 0.15) is 32.6 Å². The minimum Gasteiger partial charge on any atom is -0.371 e. The van der Waals surface area contributed by atoms with E-state index in [0.717, 1.165) is 13.1 Å². The van der Waals surface area contributed by atoms with Crippen LogP contribution >= 0.6 is 0 Å². The van der Waals surface area contributed by atoms with E-state index in [9.17, 15) is 0 Å². The first kappa shape index (κ1) is 7.56. The summed E-state index contributed by atoms with van der Waals surface area (Å²) in [6.45, 7) is 4.51. The van der Waals surface area contributed by atoms with Crippen molar-refractivity contribution in [1.29, 1.82) is 0 Å². The molecule has 0 radical (unpaired) electrons. The number of ether oxygens (including phenoxy) is 1. The summed E-state index contributed by atoms with van der Waals surface area (Å²) < 4.78 is 5.88. The fraction of sp³-hybridized carbons (Fsp3) is 1.00. The Morgan fingerprint density at radius 1 is 1.45 bits per heavy atom. The van der Waals surface area contributed by atoms with E-state index in [2.05, 4.69) is 12.2 Å². The Morgan fingerprint density at radius 2 is 2.09 bits per heavy atom. The maximum Gasteiger partial charge on any atom is 0.0735 e. The van der Waals surface area contributed by atoms with Crippen molar-refractivity contribution in [1.82, 2.24) is 5.32 Å². The van der Waals surface area contributed by atoms with E-state index in [0.29, 0.717) is 11.7 Å². The molecule has 2 rings (SSSR count). The van der Waals surface area contributed by atoms with Crippen LogP contribution in [0.15, 0.2) is 0 Å². The predicted octanol–water partition coefficient (Wildman–Crippen LogP) is 1.31. The van der Waals surface area contributed by atoms with Gasteiger partial charge in [0.2, 0.25) is 0 Å². The Bertz CT molecular complexity index is 132. The third kappa shape index (κ3) is 1.30. The number of rotatable bonds is 1. The Labute approximate surface area is 68.3 Å². The smallest absolute Gasteiger partial charge is 0.0735 e. The quantitative estimate of drug-likeness (QED) is 0.616. The number of hydrogen-bond donors (Lipinski definition) is 1. The molecule has 2 nitrogen and oxygen atoms in total. The molecule has 1 atom stereocenters. The summed E-state index contributed by atoms with van der Waals surface area (Å²) in [5.41, 5.74) is 0.311. The highest BCUT2D eigenvalue weighted by Gasteiger charge is 2.44. The van der Waals surface area contributed by atoms with Crippen LogP contribution in [0.5, 0.6) is 0 Å². The lowest BCUT2D eigenvalue weighted by molar-refractivity contribution is -0.217. The number of nitrogens with one attached hydrogen (secondary N) is 1. The maximum absolute atomic E-state index is 5.88. The largest absolute Gasteiger partial charge is 0.371 e. The fourth-order valence-corrected chi connectivity index (χ4v) is 2.19. The second kappa shape index (κ2) is 2.76. The summed E-state index contributed by atoms with van der Waals surface area (Å²) in [5.74, 6) is 0. The molecule has 0 aromatic rings. The molecule has 0 aromatic carbocycles. The molecule has 2 fully saturated rings. The Morgan fingerprint density at radius 3 is 2.64 bits per heavy atom. The normalized spacial score (nSPS) is 35.2. The highest BCUT2D eigenvalue weighted by molar-refractivity contribution is 4.96. The molecule has 11 heavy (non-hydrogen) atoms. The van der Waals surface area contributed by atoms with Gasteiger partial charge in [0.05, 0.1) is 11.7 Å². The van der Waals surface area contributed by atoms with Crippen LogP contribution in [0, 0.1) is 0 Å². The van der Waals surface area contributed by atoms with Gasteiger partial charge in [-0.15, -0.1) is 0 Å². The lowest BCUT2D eigenvalue weighted by Crippen LogP contribution is -2.55. The van der Waals surface area contributed by atoms with Crippen molar-refractivity contribution in [3.05, 3.63) is 0 Å². The summed E-state index contributed by atoms with van der Waals surface area (Å²) in [7, 11) is 0. The minimum absolute atomic E-state index is 0.311. The zero-order valence-corrected chi connectivity index (χ0v) is 7.23. The van der Waals surface area contributed by atoms with Crippen LogP contribution in [0.2, 0.25) is 0 Å². The Kier molecular flexibility index (Phi) is 1.90. The van der Waals surface area contributed by atoms with Crippen molar-refractivity contribution < 1.29 is 4.74 Å². The molecule has 1 N–H and O–H groups in total. The molecule has 2 aliphatic heterocycles. The van der Waals surface area contributed by atoms with Crippen LogP contribution in [0.4, 0.5) is 0 Å². The van der Waals surface area contributed by atoms with E-state index >= 15 is 0 Å². The van der Waals surface area contributed by atoms with Crippen LogP contribution in [-0.2, 0) is 4.74 Å². The molecular formula is C9H17NO. The van der Waals surface area contributed by atoms with E-state index in [1.54, 1.807) is 0 Å². The highest BCUT2D eigenvalue weighted by atomic mass is 16.5. The van der Waals surface area contributed by atoms with Crippen molar-refractivity contribution in [3.8, 4) is 0 Å². The van der Waals surface area contributed by atoms with Gasteiger partial charge in [-0.3, -0.25) is 0 Å². The predicted molar refractivity (Wildman–Crippen MR) is 44.6 cm³/mol. The van der Waals surface area contributed by atoms with Crippen molar-refractivity contribution in [3.63, 3.8) is 0 Å². The zero-order chi connectivity index (χ0) is 7.73. The summed E-state index contributed by atoms with van der Waals surface area (Å²) in [6, 6.07) is 0. The van der Waals surface area contributed by atoms with E-state index in [4.69, 9.17) is 4.74 Å². The van der Waals surface area contributed by atoms with Crippen molar-refractivity contribution in [2.24, 2.45) is 0 Å². The summed E-state index contributed by atoms with van der Waals surface area (Å²) >= 11 is 0. The summed E-state index contributed by atoms with van der Waals surface area (Å²) in [6.07, 6.45) is 5.53. The molecule has 2 saturated heterocycles.